The minimum Gasteiger partial charge on any atom is -0.485 e. The van der Waals surface area contributed by atoms with E-state index >= 15 is 0 Å². The Kier molecular flexibility index (Phi) is 3.55. The topological polar surface area (TPSA) is 63.8 Å². The van der Waals surface area contributed by atoms with Gasteiger partial charge in [0, 0.05) is 11.9 Å². The second-order valence-corrected chi connectivity index (χ2v) is 5.14. The molecule has 3 aromatic rings. The van der Waals surface area contributed by atoms with E-state index in [-0.39, 0.29) is 5.56 Å². The van der Waals surface area contributed by atoms with Crippen molar-refractivity contribution in [2.45, 2.75) is 20.5 Å². The molecule has 5 heteroatoms. The SMILES string of the molecule is Cc1nc2c(OCc3cccc(C(=O)O)c3)cccn2c1C. The second kappa shape index (κ2) is 5.52. The Bertz CT molecular complexity index is 852. The Labute approximate surface area is 127 Å². The largest absolute Gasteiger partial charge is 0.485 e. The molecule has 0 atom stereocenters. The number of benzene rings is 1. The van der Waals surface area contributed by atoms with Crippen LogP contribution in [0.3, 0.4) is 0 Å². The number of aromatic carboxylic acids is 1. The zero-order chi connectivity index (χ0) is 15.7. The first kappa shape index (κ1) is 14.1. The molecule has 2 aromatic heterocycles. The quantitative estimate of drug-likeness (QED) is 0.803. The molecule has 0 saturated heterocycles. The first-order valence-electron chi connectivity index (χ1n) is 6.95. The third-order valence-electron chi connectivity index (χ3n) is 3.66. The average Bonchev–Trinajstić information content (AvgIpc) is 2.81. The maximum Gasteiger partial charge on any atom is 0.335 e. The zero-order valence-electron chi connectivity index (χ0n) is 12.4. The van der Waals surface area contributed by atoms with Crippen molar-refractivity contribution < 1.29 is 14.6 Å². The summed E-state index contributed by atoms with van der Waals surface area (Å²) in [6, 6.07) is 10.5. The molecule has 22 heavy (non-hydrogen) atoms. The molecule has 0 amide bonds. The van der Waals surface area contributed by atoms with E-state index < -0.39 is 5.97 Å². The van der Waals surface area contributed by atoms with Gasteiger partial charge in [0.2, 0.25) is 0 Å². The van der Waals surface area contributed by atoms with Crippen molar-refractivity contribution in [3.05, 3.63) is 65.1 Å². The fourth-order valence-corrected chi connectivity index (χ4v) is 2.34. The summed E-state index contributed by atoms with van der Waals surface area (Å²) < 4.78 is 7.82. The molecule has 0 aliphatic rings. The Morgan fingerprint density at radius 3 is 2.86 bits per heavy atom. The monoisotopic (exact) mass is 296 g/mol. The molecule has 0 bridgehead atoms. The molecule has 112 valence electrons. The normalized spacial score (nSPS) is 10.8. The zero-order valence-corrected chi connectivity index (χ0v) is 12.4. The van der Waals surface area contributed by atoms with Gasteiger partial charge in [-0.05, 0) is 43.7 Å². The van der Waals surface area contributed by atoms with Gasteiger partial charge in [0.05, 0.1) is 11.3 Å². The number of imidazole rings is 1. The molecule has 2 heterocycles. The highest BCUT2D eigenvalue weighted by Crippen LogP contribution is 2.22. The summed E-state index contributed by atoms with van der Waals surface area (Å²) in [5.41, 5.74) is 3.87. The van der Waals surface area contributed by atoms with Crippen molar-refractivity contribution in [3.63, 3.8) is 0 Å². The number of carbonyl (C=O) groups is 1. The lowest BCUT2D eigenvalue weighted by molar-refractivity contribution is 0.0696. The van der Waals surface area contributed by atoms with E-state index in [9.17, 15) is 4.79 Å². The molecule has 1 aromatic carbocycles. The Morgan fingerprint density at radius 2 is 2.09 bits per heavy atom. The number of nitrogens with zero attached hydrogens (tertiary/aromatic N) is 2. The van der Waals surface area contributed by atoms with Gasteiger partial charge >= 0.3 is 5.97 Å². The lowest BCUT2D eigenvalue weighted by atomic mass is 10.1. The van der Waals surface area contributed by atoms with Gasteiger partial charge in [-0.3, -0.25) is 0 Å². The van der Waals surface area contributed by atoms with Gasteiger partial charge in [-0.15, -0.1) is 0 Å². The van der Waals surface area contributed by atoms with Crippen LogP contribution in [-0.4, -0.2) is 20.5 Å². The number of ether oxygens (including phenoxy) is 1. The van der Waals surface area contributed by atoms with Crippen molar-refractivity contribution in [3.8, 4) is 5.75 Å². The standard InChI is InChI=1S/C17H16N2O3/c1-11-12(2)19-8-4-7-15(16(19)18-11)22-10-13-5-3-6-14(9-13)17(20)21/h3-9H,10H2,1-2H3,(H,20,21). The fourth-order valence-electron chi connectivity index (χ4n) is 2.34. The van der Waals surface area contributed by atoms with Crippen LogP contribution in [0.1, 0.15) is 27.3 Å². The van der Waals surface area contributed by atoms with Crippen LogP contribution in [0, 0.1) is 13.8 Å². The maximum absolute atomic E-state index is 11.0. The Morgan fingerprint density at radius 1 is 1.27 bits per heavy atom. The molecule has 0 spiro atoms. The van der Waals surface area contributed by atoms with Crippen LogP contribution >= 0.6 is 0 Å². The molecule has 1 N–H and O–H groups in total. The molecule has 5 nitrogen and oxygen atoms in total. The average molecular weight is 296 g/mol. The van der Waals surface area contributed by atoms with Gasteiger partial charge in [0.1, 0.15) is 6.61 Å². The van der Waals surface area contributed by atoms with Crippen molar-refractivity contribution in [1.29, 1.82) is 0 Å². The summed E-state index contributed by atoms with van der Waals surface area (Å²) >= 11 is 0. The second-order valence-electron chi connectivity index (χ2n) is 5.14. The maximum atomic E-state index is 11.0. The molecule has 0 aliphatic carbocycles. The van der Waals surface area contributed by atoms with Crippen molar-refractivity contribution >= 4 is 11.6 Å². The van der Waals surface area contributed by atoms with Crippen molar-refractivity contribution in [2.24, 2.45) is 0 Å². The van der Waals surface area contributed by atoms with Crippen LogP contribution in [0.4, 0.5) is 0 Å². The van der Waals surface area contributed by atoms with Crippen LogP contribution in [0.5, 0.6) is 5.75 Å². The summed E-state index contributed by atoms with van der Waals surface area (Å²) in [6.07, 6.45) is 1.95. The summed E-state index contributed by atoms with van der Waals surface area (Å²) in [5.74, 6) is -0.261. The fraction of sp³-hybridized carbons (Fsp3) is 0.176. The van der Waals surface area contributed by atoms with E-state index in [1.807, 2.05) is 42.6 Å². The predicted molar refractivity (Wildman–Crippen MR) is 82.4 cm³/mol. The van der Waals surface area contributed by atoms with Gasteiger partial charge in [-0.1, -0.05) is 12.1 Å². The summed E-state index contributed by atoms with van der Waals surface area (Å²) in [5, 5.41) is 9.01. The van der Waals surface area contributed by atoms with Gasteiger partial charge in [-0.2, -0.15) is 0 Å². The van der Waals surface area contributed by atoms with E-state index in [2.05, 4.69) is 4.98 Å². The number of carboxylic acid groups (broad SMARTS) is 1. The number of aromatic nitrogens is 2. The molecule has 0 aliphatic heterocycles. The predicted octanol–water partition coefficient (Wildman–Crippen LogP) is 3.23. The molecule has 3 rings (SSSR count). The number of hydrogen-bond donors (Lipinski definition) is 1. The van der Waals surface area contributed by atoms with Crippen LogP contribution in [0.15, 0.2) is 42.6 Å². The summed E-state index contributed by atoms with van der Waals surface area (Å²) in [4.78, 5) is 15.5. The van der Waals surface area contributed by atoms with Crippen LogP contribution < -0.4 is 4.74 Å². The third-order valence-corrected chi connectivity index (χ3v) is 3.66. The van der Waals surface area contributed by atoms with Gasteiger partial charge in [0.15, 0.2) is 11.4 Å². The highest BCUT2D eigenvalue weighted by Gasteiger charge is 2.10. The Hall–Kier alpha value is -2.82. The van der Waals surface area contributed by atoms with E-state index in [1.54, 1.807) is 18.2 Å². The highest BCUT2D eigenvalue weighted by molar-refractivity contribution is 5.87. The van der Waals surface area contributed by atoms with Crippen molar-refractivity contribution in [1.82, 2.24) is 9.38 Å². The van der Waals surface area contributed by atoms with E-state index in [0.717, 1.165) is 22.6 Å². The molecule has 0 fully saturated rings. The van der Waals surface area contributed by atoms with Crippen LogP contribution in [0.2, 0.25) is 0 Å². The van der Waals surface area contributed by atoms with Gasteiger partial charge in [-0.25, -0.2) is 9.78 Å². The minimum absolute atomic E-state index is 0.256. The van der Waals surface area contributed by atoms with E-state index in [4.69, 9.17) is 9.84 Å². The van der Waals surface area contributed by atoms with Gasteiger partial charge < -0.3 is 14.2 Å². The van der Waals surface area contributed by atoms with E-state index in [1.165, 1.54) is 0 Å². The number of hydrogen-bond acceptors (Lipinski definition) is 3. The molecule has 0 unspecified atom stereocenters. The number of rotatable bonds is 4. The van der Waals surface area contributed by atoms with Gasteiger partial charge in [0.25, 0.3) is 0 Å². The number of pyridine rings is 1. The lowest BCUT2D eigenvalue weighted by Gasteiger charge is -2.08. The first-order valence-corrected chi connectivity index (χ1v) is 6.95. The first-order chi connectivity index (χ1) is 10.6. The highest BCUT2D eigenvalue weighted by atomic mass is 16.5. The molecular weight excluding hydrogens is 280 g/mol. The Balaban J connectivity index is 1.87. The van der Waals surface area contributed by atoms with E-state index in [0.29, 0.717) is 12.4 Å². The number of aryl methyl sites for hydroxylation is 2. The number of carboxylic acids is 1. The molecule has 0 saturated carbocycles. The van der Waals surface area contributed by atoms with Crippen molar-refractivity contribution in [2.75, 3.05) is 0 Å². The molecular formula is C17H16N2O3. The minimum atomic E-state index is -0.941. The summed E-state index contributed by atoms with van der Waals surface area (Å²) in [6.45, 7) is 4.27. The smallest absolute Gasteiger partial charge is 0.335 e. The third kappa shape index (κ3) is 2.53. The number of fused-ring (bicyclic) bond motifs is 1. The van der Waals surface area contributed by atoms with Crippen LogP contribution in [0.25, 0.3) is 5.65 Å². The summed E-state index contributed by atoms with van der Waals surface area (Å²) in [7, 11) is 0. The molecule has 0 radical (unpaired) electrons. The lowest BCUT2D eigenvalue weighted by Crippen LogP contribution is -2.01. The van der Waals surface area contributed by atoms with Crippen LogP contribution in [-0.2, 0) is 6.61 Å².